The van der Waals surface area contributed by atoms with Crippen molar-refractivity contribution >= 4 is 17.6 Å². The van der Waals surface area contributed by atoms with Gasteiger partial charge in [0, 0.05) is 6.54 Å². The van der Waals surface area contributed by atoms with Crippen molar-refractivity contribution in [3.05, 3.63) is 30.3 Å². The van der Waals surface area contributed by atoms with Crippen molar-refractivity contribution < 1.29 is 9.59 Å². The van der Waals surface area contributed by atoms with Crippen LogP contribution in [0.3, 0.4) is 0 Å². The van der Waals surface area contributed by atoms with Crippen LogP contribution in [0.15, 0.2) is 30.3 Å². The van der Waals surface area contributed by atoms with Crippen molar-refractivity contribution in [2.45, 2.75) is 19.9 Å². The molecule has 0 spiro atoms. The monoisotopic (exact) mass is 261 g/mol. The molecule has 1 N–H and O–H groups in total. The van der Waals surface area contributed by atoms with Crippen LogP contribution in [0.25, 0.3) is 0 Å². The van der Waals surface area contributed by atoms with E-state index in [1.54, 1.807) is 12.1 Å². The summed E-state index contributed by atoms with van der Waals surface area (Å²) in [6.45, 7) is 6.36. The van der Waals surface area contributed by atoms with Crippen LogP contribution in [-0.2, 0) is 4.79 Å². The number of carbonyl (C=O) groups is 2. The molecule has 0 aromatic heterocycles. The first kappa shape index (κ1) is 13.5. The van der Waals surface area contributed by atoms with Crippen LogP contribution < -0.4 is 10.2 Å². The average Bonchev–Trinajstić information content (AvgIpc) is 2.71. The Morgan fingerprint density at radius 3 is 2.37 bits per heavy atom. The van der Waals surface area contributed by atoms with E-state index in [0.717, 1.165) is 13.1 Å². The third-order valence-electron chi connectivity index (χ3n) is 3.37. The van der Waals surface area contributed by atoms with Crippen molar-refractivity contribution in [2.75, 3.05) is 24.5 Å². The van der Waals surface area contributed by atoms with Gasteiger partial charge in [0.15, 0.2) is 0 Å². The lowest BCUT2D eigenvalue weighted by Crippen LogP contribution is -2.42. The molecule has 0 bridgehead atoms. The van der Waals surface area contributed by atoms with Gasteiger partial charge < -0.3 is 10.2 Å². The van der Waals surface area contributed by atoms with Crippen molar-refractivity contribution in [1.29, 1.82) is 0 Å². The lowest BCUT2D eigenvalue weighted by molar-refractivity contribution is -0.118. The molecular formula is C14H19N3O2. The number of anilines is 1. The van der Waals surface area contributed by atoms with Crippen LogP contribution in [0.5, 0.6) is 0 Å². The van der Waals surface area contributed by atoms with E-state index in [9.17, 15) is 9.59 Å². The van der Waals surface area contributed by atoms with E-state index in [0.29, 0.717) is 12.2 Å². The van der Waals surface area contributed by atoms with Gasteiger partial charge in [0.2, 0.25) is 0 Å². The fourth-order valence-corrected chi connectivity index (χ4v) is 2.22. The molecule has 0 aliphatic carbocycles. The highest BCUT2D eigenvalue weighted by atomic mass is 16.2. The lowest BCUT2D eigenvalue weighted by Gasteiger charge is -2.20. The summed E-state index contributed by atoms with van der Waals surface area (Å²) in [5, 5.41) is 2.75. The summed E-state index contributed by atoms with van der Waals surface area (Å²) >= 11 is 0. The van der Waals surface area contributed by atoms with Gasteiger partial charge in [0.05, 0.1) is 5.69 Å². The number of carbonyl (C=O) groups excluding carboxylic acids is 2. The van der Waals surface area contributed by atoms with E-state index in [2.05, 4.69) is 10.2 Å². The Bertz CT molecular complexity index is 457. The number of benzene rings is 1. The summed E-state index contributed by atoms with van der Waals surface area (Å²) in [5.41, 5.74) is 0.618. The lowest BCUT2D eigenvalue weighted by atomic mass is 10.2. The number of amides is 3. The molecule has 1 aliphatic rings. The Hall–Kier alpha value is -1.88. The molecule has 1 atom stereocenters. The zero-order chi connectivity index (χ0) is 13.8. The Balaban J connectivity index is 2.13. The number of para-hydroxylation sites is 1. The second-order valence-electron chi connectivity index (χ2n) is 4.50. The van der Waals surface area contributed by atoms with E-state index in [1.165, 1.54) is 4.90 Å². The van der Waals surface area contributed by atoms with Gasteiger partial charge in [0.1, 0.15) is 6.04 Å². The summed E-state index contributed by atoms with van der Waals surface area (Å²) < 4.78 is 0. The average molecular weight is 261 g/mol. The summed E-state index contributed by atoms with van der Waals surface area (Å²) in [6.07, 6.45) is 0. The molecule has 102 valence electrons. The molecule has 1 heterocycles. The molecule has 5 heteroatoms. The molecule has 1 aliphatic heterocycles. The van der Waals surface area contributed by atoms with E-state index in [1.807, 2.05) is 32.0 Å². The Morgan fingerprint density at radius 2 is 1.79 bits per heavy atom. The molecule has 3 amide bonds. The highest BCUT2D eigenvalue weighted by Crippen LogP contribution is 2.19. The van der Waals surface area contributed by atoms with E-state index < -0.39 is 6.04 Å². The predicted octanol–water partition coefficient (Wildman–Crippen LogP) is 1.45. The number of hydrogen-bond donors (Lipinski definition) is 1. The van der Waals surface area contributed by atoms with Gasteiger partial charge >= 0.3 is 6.03 Å². The second-order valence-corrected chi connectivity index (χ2v) is 4.50. The van der Waals surface area contributed by atoms with E-state index >= 15 is 0 Å². The third-order valence-corrected chi connectivity index (χ3v) is 3.37. The molecule has 2 rings (SSSR count). The highest BCUT2D eigenvalue weighted by Gasteiger charge is 2.39. The maximum absolute atomic E-state index is 12.3. The fourth-order valence-electron chi connectivity index (χ4n) is 2.22. The molecule has 19 heavy (non-hydrogen) atoms. The molecule has 1 unspecified atom stereocenters. The molecule has 1 aromatic carbocycles. The summed E-state index contributed by atoms with van der Waals surface area (Å²) in [7, 11) is 0. The first-order chi connectivity index (χ1) is 9.17. The van der Waals surface area contributed by atoms with Gasteiger partial charge in [-0.1, -0.05) is 32.0 Å². The van der Waals surface area contributed by atoms with Crippen molar-refractivity contribution in [3.8, 4) is 0 Å². The molecule has 5 nitrogen and oxygen atoms in total. The molecular weight excluding hydrogens is 242 g/mol. The zero-order valence-electron chi connectivity index (χ0n) is 11.3. The molecule has 0 saturated carbocycles. The second kappa shape index (κ2) is 5.84. The quantitative estimate of drug-likeness (QED) is 0.816. The Labute approximate surface area is 113 Å². The minimum Gasteiger partial charge on any atom is -0.324 e. The molecule has 1 fully saturated rings. The van der Waals surface area contributed by atoms with Gasteiger partial charge in [-0.3, -0.25) is 4.79 Å². The van der Waals surface area contributed by atoms with Crippen LogP contribution in [0.1, 0.15) is 13.8 Å². The Morgan fingerprint density at radius 1 is 1.16 bits per heavy atom. The number of nitrogens with one attached hydrogen (secondary N) is 1. The van der Waals surface area contributed by atoms with Crippen molar-refractivity contribution in [3.63, 3.8) is 0 Å². The van der Waals surface area contributed by atoms with Crippen LogP contribution in [0.4, 0.5) is 10.5 Å². The number of rotatable bonds is 5. The molecule has 1 aromatic rings. The van der Waals surface area contributed by atoms with Crippen LogP contribution >= 0.6 is 0 Å². The smallest absolute Gasteiger partial charge is 0.324 e. The normalized spacial score (nSPS) is 19.1. The first-order valence-electron chi connectivity index (χ1n) is 6.59. The van der Waals surface area contributed by atoms with Gasteiger partial charge in [-0.05, 0) is 25.2 Å². The largest absolute Gasteiger partial charge is 0.329 e. The fraction of sp³-hybridized carbons (Fsp3) is 0.429. The zero-order valence-corrected chi connectivity index (χ0v) is 11.3. The van der Waals surface area contributed by atoms with Crippen molar-refractivity contribution in [1.82, 2.24) is 10.2 Å². The number of likely N-dealkylation sites (N-methyl/N-ethyl adjacent to an activating group) is 1. The SMILES string of the molecule is CCN(CC)CC1NC(=O)N(c2ccccc2)C1=O. The number of nitrogens with zero attached hydrogens (tertiary/aromatic N) is 2. The summed E-state index contributed by atoms with van der Waals surface area (Å²) in [4.78, 5) is 27.6. The van der Waals surface area contributed by atoms with Crippen LogP contribution in [-0.4, -0.2) is 42.5 Å². The first-order valence-corrected chi connectivity index (χ1v) is 6.59. The van der Waals surface area contributed by atoms with Crippen LogP contribution in [0, 0.1) is 0 Å². The summed E-state index contributed by atoms with van der Waals surface area (Å²) in [6, 6.07) is 8.21. The van der Waals surface area contributed by atoms with Gasteiger partial charge in [-0.2, -0.15) is 0 Å². The number of hydrogen-bond acceptors (Lipinski definition) is 3. The van der Waals surface area contributed by atoms with E-state index in [4.69, 9.17) is 0 Å². The van der Waals surface area contributed by atoms with E-state index in [-0.39, 0.29) is 11.9 Å². The van der Waals surface area contributed by atoms with Gasteiger partial charge in [-0.25, -0.2) is 9.69 Å². The minimum absolute atomic E-state index is 0.178. The maximum atomic E-state index is 12.3. The third kappa shape index (κ3) is 2.76. The summed E-state index contributed by atoms with van der Waals surface area (Å²) in [5.74, 6) is -0.178. The number of urea groups is 1. The number of imide groups is 1. The standard InChI is InChI=1S/C14H19N3O2/c1-3-16(4-2)10-12-13(18)17(14(19)15-12)11-8-6-5-7-9-11/h5-9,12H,3-4,10H2,1-2H3,(H,15,19). The minimum atomic E-state index is -0.451. The Kier molecular flexibility index (Phi) is 4.16. The van der Waals surface area contributed by atoms with Gasteiger partial charge in [-0.15, -0.1) is 0 Å². The van der Waals surface area contributed by atoms with Gasteiger partial charge in [0.25, 0.3) is 5.91 Å². The predicted molar refractivity (Wildman–Crippen MR) is 74.0 cm³/mol. The molecule has 1 saturated heterocycles. The molecule has 0 radical (unpaired) electrons. The maximum Gasteiger partial charge on any atom is 0.329 e. The van der Waals surface area contributed by atoms with Crippen LogP contribution in [0.2, 0.25) is 0 Å². The topological polar surface area (TPSA) is 52.7 Å². The highest BCUT2D eigenvalue weighted by molar-refractivity contribution is 6.21. The van der Waals surface area contributed by atoms with Crippen molar-refractivity contribution in [2.24, 2.45) is 0 Å².